The minimum absolute atomic E-state index is 0.0638. The third kappa shape index (κ3) is 4.62. The summed E-state index contributed by atoms with van der Waals surface area (Å²) in [5, 5.41) is 6.48. The maximum Gasteiger partial charge on any atom is 0.310 e. The van der Waals surface area contributed by atoms with E-state index in [2.05, 4.69) is 10.1 Å². The number of aryl methyl sites for hydroxylation is 3. The fraction of sp³-hybridized carbons (Fsp3) is 0.409. The molecule has 1 saturated heterocycles. The largest absolute Gasteiger partial charge is 0.459 e. The number of aromatic nitrogens is 2. The smallest absolute Gasteiger partial charge is 0.310 e. The van der Waals surface area contributed by atoms with Crippen molar-refractivity contribution < 1.29 is 22.5 Å². The second-order valence-corrected chi connectivity index (χ2v) is 10.7. The highest BCUT2D eigenvalue weighted by atomic mass is 32.2. The molecular weight excluding hydrogens is 450 g/mol. The zero-order valence-corrected chi connectivity index (χ0v) is 19.8. The molecule has 0 spiro atoms. The van der Waals surface area contributed by atoms with Crippen molar-refractivity contribution in [3.8, 4) is 10.6 Å². The van der Waals surface area contributed by atoms with Crippen LogP contribution in [0.3, 0.4) is 0 Å². The van der Waals surface area contributed by atoms with Crippen molar-refractivity contribution >= 4 is 27.3 Å². The molecule has 8 nitrogen and oxygen atoms in total. The first-order valence-electron chi connectivity index (χ1n) is 10.4. The van der Waals surface area contributed by atoms with E-state index >= 15 is 0 Å². The van der Waals surface area contributed by atoms with Crippen LogP contribution < -0.4 is 0 Å². The van der Waals surface area contributed by atoms with Gasteiger partial charge in [-0.05, 0) is 33.6 Å². The lowest BCUT2D eigenvalue weighted by Crippen LogP contribution is -2.43. The third-order valence-electron chi connectivity index (χ3n) is 5.50. The number of hydrogen-bond acceptors (Lipinski definition) is 8. The van der Waals surface area contributed by atoms with Gasteiger partial charge in [-0.3, -0.25) is 4.79 Å². The summed E-state index contributed by atoms with van der Waals surface area (Å²) in [4.78, 5) is 17.3. The van der Waals surface area contributed by atoms with E-state index in [1.807, 2.05) is 36.6 Å². The van der Waals surface area contributed by atoms with Crippen LogP contribution in [0.2, 0.25) is 0 Å². The van der Waals surface area contributed by atoms with Crippen LogP contribution in [0.4, 0.5) is 0 Å². The van der Waals surface area contributed by atoms with Gasteiger partial charge in [-0.15, -0.1) is 11.3 Å². The zero-order chi connectivity index (χ0) is 22.9. The lowest BCUT2D eigenvalue weighted by atomic mass is 10.00. The van der Waals surface area contributed by atoms with Gasteiger partial charge in [0.1, 0.15) is 22.2 Å². The zero-order valence-electron chi connectivity index (χ0n) is 18.2. The molecule has 0 bridgehead atoms. The Hall–Kier alpha value is -2.56. The Morgan fingerprint density at radius 3 is 2.69 bits per heavy atom. The highest BCUT2D eigenvalue weighted by Crippen LogP contribution is 2.29. The topological polar surface area (TPSA) is 103 Å². The monoisotopic (exact) mass is 475 g/mol. The van der Waals surface area contributed by atoms with Gasteiger partial charge in [0, 0.05) is 24.0 Å². The summed E-state index contributed by atoms with van der Waals surface area (Å²) in [6, 6.07) is 8.09. The van der Waals surface area contributed by atoms with Crippen LogP contribution in [0.1, 0.15) is 35.6 Å². The average molecular weight is 476 g/mol. The summed E-state index contributed by atoms with van der Waals surface area (Å²) in [6.07, 6.45) is 1.16. The molecule has 0 N–H and O–H groups in total. The highest BCUT2D eigenvalue weighted by molar-refractivity contribution is 7.89. The molecule has 0 amide bonds. The van der Waals surface area contributed by atoms with Crippen LogP contribution in [-0.4, -0.2) is 41.9 Å². The Balaban J connectivity index is 1.38. The van der Waals surface area contributed by atoms with E-state index in [1.165, 1.54) is 21.2 Å². The Morgan fingerprint density at radius 2 is 2.00 bits per heavy atom. The summed E-state index contributed by atoms with van der Waals surface area (Å²) < 4.78 is 38.0. The molecule has 1 atom stereocenters. The molecule has 10 heteroatoms. The van der Waals surface area contributed by atoms with E-state index < -0.39 is 21.9 Å². The Labute approximate surface area is 191 Å². The molecule has 0 saturated carbocycles. The number of thiazole rings is 1. The van der Waals surface area contributed by atoms with Crippen molar-refractivity contribution in [3.63, 3.8) is 0 Å². The number of carbonyl (C=O) groups is 1. The van der Waals surface area contributed by atoms with Crippen LogP contribution >= 0.6 is 11.3 Å². The second-order valence-electron chi connectivity index (χ2n) is 7.97. The molecule has 3 heterocycles. The van der Waals surface area contributed by atoms with Gasteiger partial charge in [0.15, 0.2) is 5.76 Å². The number of carbonyl (C=O) groups excluding carboxylic acids is 1. The van der Waals surface area contributed by atoms with Gasteiger partial charge in [-0.25, -0.2) is 13.4 Å². The summed E-state index contributed by atoms with van der Waals surface area (Å²) in [6.45, 7) is 5.69. The van der Waals surface area contributed by atoms with Crippen molar-refractivity contribution in [2.24, 2.45) is 5.92 Å². The van der Waals surface area contributed by atoms with Gasteiger partial charge in [0.25, 0.3) is 0 Å². The summed E-state index contributed by atoms with van der Waals surface area (Å²) in [7, 11) is -3.79. The number of sulfonamides is 1. The molecule has 3 aromatic rings. The Kier molecular flexibility index (Phi) is 6.45. The Bertz CT molecular complexity index is 1200. The van der Waals surface area contributed by atoms with Crippen molar-refractivity contribution in [1.29, 1.82) is 0 Å². The Morgan fingerprint density at radius 1 is 1.25 bits per heavy atom. The minimum atomic E-state index is -3.79. The highest BCUT2D eigenvalue weighted by Gasteiger charge is 2.37. The fourth-order valence-electron chi connectivity index (χ4n) is 3.79. The number of piperidine rings is 1. The molecule has 1 aliphatic rings. The van der Waals surface area contributed by atoms with E-state index in [-0.39, 0.29) is 23.8 Å². The number of rotatable bonds is 6. The molecule has 32 heavy (non-hydrogen) atoms. The quantitative estimate of drug-likeness (QED) is 0.499. The first kappa shape index (κ1) is 22.6. The minimum Gasteiger partial charge on any atom is -0.459 e. The lowest BCUT2D eigenvalue weighted by Gasteiger charge is -2.30. The van der Waals surface area contributed by atoms with Crippen molar-refractivity contribution in [3.05, 3.63) is 52.4 Å². The molecule has 0 radical (unpaired) electrons. The molecule has 1 aliphatic heterocycles. The van der Waals surface area contributed by atoms with E-state index in [1.54, 1.807) is 13.8 Å². The molecule has 170 valence electrons. The van der Waals surface area contributed by atoms with Crippen molar-refractivity contribution in [1.82, 2.24) is 14.4 Å². The maximum absolute atomic E-state index is 13.1. The number of nitrogens with zero attached hydrogens (tertiary/aromatic N) is 3. The lowest BCUT2D eigenvalue weighted by molar-refractivity contribution is -0.151. The predicted molar refractivity (Wildman–Crippen MR) is 120 cm³/mol. The molecule has 1 unspecified atom stereocenters. The molecule has 4 rings (SSSR count). The van der Waals surface area contributed by atoms with Gasteiger partial charge in [-0.1, -0.05) is 35.0 Å². The van der Waals surface area contributed by atoms with Crippen LogP contribution in [-0.2, 0) is 26.2 Å². The van der Waals surface area contributed by atoms with Crippen LogP contribution in [0.5, 0.6) is 0 Å². The van der Waals surface area contributed by atoms with Gasteiger partial charge in [0.2, 0.25) is 10.0 Å². The molecule has 1 fully saturated rings. The first-order valence-corrected chi connectivity index (χ1v) is 12.7. The van der Waals surface area contributed by atoms with Gasteiger partial charge < -0.3 is 9.26 Å². The van der Waals surface area contributed by atoms with Crippen molar-refractivity contribution in [2.75, 3.05) is 13.1 Å². The number of ether oxygens (including phenoxy) is 1. The third-order valence-corrected chi connectivity index (χ3v) is 8.55. The van der Waals surface area contributed by atoms with Crippen molar-refractivity contribution in [2.45, 2.75) is 45.1 Å². The molecule has 0 aliphatic carbocycles. The van der Waals surface area contributed by atoms with Gasteiger partial charge in [0.05, 0.1) is 11.6 Å². The van der Waals surface area contributed by atoms with Crippen LogP contribution in [0.15, 0.2) is 39.1 Å². The van der Waals surface area contributed by atoms with E-state index in [0.717, 1.165) is 10.6 Å². The summed E-state index contributed by atoms with van der Waals surface area (Å²) in [5.41, 5.74) is 3.19. The van der Waals surface area contributed by atoms with Gasteiger partial charge >= 0.3 is 5.97 Å². The first-order chi connectivity index (χ1) is 15.3. The van der Waals surface area contributed by atoms with Crippen LogP contribution in [0.25, 0.3) is 10.6 Å². The fourth-order valence-corrected chi connectivity index (χ4v) is 6.42. The SMILES string of the molecule is Cc1ccc(-c2nc(COC(=O)C3CCCN(S(=O)(=O)c4c(C)noc4C)C3)cs2)cc1. The average Bonchev–Trinajstić information content (AvgIpc) is 3.39. The summed E-state index contributed by atoms with van der Waals surface area (Å²) >= 11 is 1.50. The molecule has 1 aromatic carbocycles. The van der Waals surface area contributed by atoms with Gasteiger partial charge in [-0.2, -0.15) is 4.31 Å². The van der Waals surface area contributed by atoms with E-state index in [0.29, 0.717) is 30.8 Å². The van der Waals surface area contributed by atoms with E-state index in [4.69, 9.17) is 9.26 Å². The number of benzene rings is 1. The molecular formula is C22H25N3O5S2. The normalized spacial score (nSPS) is 17.4. The predicted octanol–water partition coefficient (Wildman–Crippen LogP) is 3.87. The maximum atomic E-state index is 13.1. The van der Waals surface area contributed by atoms with Crippen LogP contribution in [0, 0.1) is 26.7 Å². The number of esters is 1. The standard InChI is InChI=1S/C22H25N3O5S2/c1-14-6-8-17(9-7-14)21-23-19(13-31-21)12-29-22(26)18-5-4-10-25(11-18)32(27,28)20-15(2)24-30-16(20)3/h6-9,13,18H,4-5,10-12H2,1-3H3. The number of hydrogen-bond donors (Lipinski definition) is 0. The second kappa shape index (κ2) is 9.13. The van der Waals surface area contributed by atoms with E-state index in [9.17, 15) is 13.2 Å². The molecule has 2 aromatic heterocycles. The summed E-state index contributed by atoms with van der Waals surface area (Å²) in [5.74, 6) is -0.678.